The summed E-state index contributed by atoms with van der Waals surface area (Å²) in [5, 5.41) is 0.636. The van der Waals surface area contributed by atoms with Gasteiger partial charge in [0.1, 0.15) is 5.69 Å². The van der Waals surface area contributed by atoms with Crippen molar-refractivity contribution in [2.75, 3.05) is 10.9 Å². The van der Waals surface area contributed by atoms with Gasteiger partial charge in [-0.2, -0.15) is 0 Å². The first kappa shape index (κ1) is 16.4. The van der Waals surface area contributed by atoms with Gasteiger partial charge in [-0.05, 0) is 42.8 Å². The van der Waals surface area contributed by atoms with Crippen LogP contribution in [-0.4, -0.2) is 9.97 Å². The van der Waals surface area contributed by atoms with Gasteiger partial charge in [-0.15, -0.1) is 0 Å². The lowest BCUT2D eigenvalue weighted by Gasteiger charge is -2.14. The Kier molecular flexibility index (Phi) is 4.42. The first-order valence-electron chi connectivity index (χ1n) is 8.30. The van der Waals surface area contributed by atoms with Crippen molar-refractivity contribution in [1.29, 1.82) is 0 Å². The smallest absolute Gasteiger partial charge is 0.171 e. The van der Waals surface area contributed by atoms with Crippen LogP contribution in [0.2, 0.25) is 5.02 Å². The van der Waals surface area contributed by atoms with Crippen molar-refractivity contribution in [3.63, 3.8) is 0 Å². The molecule has 2 N–H and O–H groups in total. The van der Waals surface area contributed by atoms with Crippen LogP contribution >= 0.6 is 11.6 Å². The first-order valence-corrected chi connectivity index (χ1v) is 8.68. The van der Waals surface area contributed by atoms with E-state index in [9.17, 15) is 0 Å². The molecule has 0 unspecified atom stereocenters. The van der Waals surface area contributed by atoms with Crippen LogP contribution < -0.4 is 10.9 Å². The van der Waals surface area contributed by atoms with Gasteiger partial charge in [-0.25, -0.2) is 9.97 Å². The van der Waals surface area contributed by atoms with Crippen molar-refractivity contribution >= 4 is 34.1 Å². The normalized spacial score (nSPS) is 10.7. The van der Waals surface area contributed by atoms with Gasteiger partial charge >= 0.3 is 0 Å². The summed E-state index contributed by atoms with van der Waals surface area (Å²) >= 11 is 6.11. The molecule has 0 saturated carbocycles. The van der Waals surface area contributed by atoms with Crippen molar-refractivity contribution < 1.29 is 0 Å². The van der Waals surface area contributed by atoms with Crippen LogP contribution in [-0.2, 0) is 0 Å². The molecule has 0 spiro atoms. The molecule has 0 fully saturated rings. The maximum absolute atomic E-state index is 6.11. The molecule has 0 aliphatic carbocycles. The number of nitrogens with one attached hydrogen (secondary N) is 2. The molecular weight excluding hydrogens is 344 g/mol. The monoisotopic (exact) mass is 360 g/mol. The van der Waals surface area contributed by atoms with E-state index in [4.69, 9.17) is 21.6 Å². The molecule has 1 aromatic heterocycles. The number of hydrogen-bond acceptors (Lipinski definition) is 4. The number of halogens is 1. The lowest BCUT2D eigenvalue weighted by molar-refractivity contribution is 1.25. The van der Waals surface area contributed by atoms with Crippen molar-refractivity contribution in [3.8, 4) is 11.3 Å². The predicted molar refractivity (Wildman–Crippen MR) is 108 cm³/mol. The lowest BCUT2D eigenvalue weighted by atomic mass is 10.1. The second-order valence-electron chi connectivity index (χ2n) is 6.04. The van der Waals surface area contributed by atoms with Gasteiger partial charge in [-0.1, -0.05) is 54.1 Å². The summed E-state index contributed by atoms with van der Waals surface area (Å²) in [5.74, 6) is 0.646. The number of anilines is 2. The van der Waals surface area contributed by atoms with E-state index in [1.807, 2.05) is 60.7 Å². The average Bonchev–Trinajstić information content (AvgIpc) is 2.66. The zero-order valence-electron chi connectivity index (χ0n) is 14.2. The van der Waals surface area contributed by atoms with Crippen LogP contribution in [0.1, 0.15) is 5.56 Å². The van der Waals surface area contributed by atoms with E-state index >= 15 is 0 Å². The van der Waals surface area contributed by atoms with E-state index in [2.05, 4.69) is 29.9 Å². The second-order valence-corrected chi connectivity index (χ2v) is 6.48. The third-order valence-electron chi connectivity index (χ3n) is 4.02. The summed E-state index contributed by atoms with van der Waals surface area (Å²) in [6.45, 7) is 2.05. The van der Waals surface area contributed by atoms with Gasteiger partial charge in [0.25, 0.3) is 0 Å². The fourth-order valence-electron chi connectivity index (χ4n) is 2.77. The number of fused-ring (bicyclic) bond motifs is 1. The Bertz CT molecular complexity index is 1060. The quantitative estimate of drug-likeness (QED) is 0.458. The molecule has 0 atom stereocenters. The molecule has 0 saturated heterocycles. The molecule has 3 aromatic carbocycles. The van der Waals surface area contributed by atoms with Crippen LogP contribution in [0.15, 0.2) is 72.8 Å². The van der Waals surface area contributed by atoms with Crippen molar-refractivity contribution in [2.24, 2.45) is 0 Å². The minimum Gasteiger partial charge on any atom is -0.300 e. The Balaban J connectivity index is 1.77. The van der Waals surface area contributed by atoms with Crippen molar-refractivity contribution in [3.05, 3.63) is 83.4 Å². The van der Waals surface area contributed by atoms with Crippen LogP contribution in [0.5, 0.6) is 0 Å². The van der Waals surface area contributed by atoms with E-state index < -0.39 is 0 Å². The molecule has 4 nitrogen and oxygen atoms in total. The fourth-order valence-corrected chi connectivity index (χ4v) is 2.93. The largest absolute Gasteiger partial charge is 0.300 e. The summed E-state index contributed by atoms with van der Waals surface area (Å²) in [4.78, 5) is 9.52. The summed E-state index contributed by atoms with van der Waals surface area (Å²) < 4.78 is 0. The molecule has 0 radical (unpaired) electrons. The van der Waals surface area contributed by atoms with E-state index in [1.165, 1.54) is 5.56 Å². The topological polar surface area (TPSA) is 49.8 Å². The average molecular weight is 361 g/mol. The molecule has 0 aliphatic rings. The molecule has 0 bridgehead atoms. The fraction of sp³-hybridized carbons (Fsp3) is 0.0476. The number of hydrogen-bond donors (Lipinski definition) is 2. The van der Waals surface area contributed by atoms with Gasteiger partial charge in [-0.3, -0.25) is 10.9 Å². The summed E-state index contributed by atoms with van der Waals surface area (Å²) in [5.41, 5.74) is 11.8. The highest BCUT2D eigenvalue weighted by Gasteiger charge is 2.11. The van der Waals surface area contributed by atoms with Gasteiger partial charge in [0.05, 0.1) is 16.7 Å². The number of hydrazine groups is 1. The van der Waals surface area contributed by atoms with Crippen molar-refractivity contribution in [2.45, 2.75) is 6.92 Å². The second kappa shape index (κ2) is 7.02. The van der Waals surface area contributed by atoms with E-state index in [0.29, 0.717) is 10.8 Å². The highest BCUT2D eigenvalue weighted by molar-refractivity contribution is 6.31. The Morgan fingerprint density at radius 2 is 1.62 bits per heavy atom. The van der Waals surface area contributed by atoms with Crippen LogP contribution in [0.4, 0.5) is 11.5 Å². The molecule has 26 heavy (non-hydrogen) atoms. The van der Waals surface area contributed by atoms with E-state index in [0.717, 1.165) is 28.0 Å². The Labute approximate surface area is 156 Å². The van der Waals surface area contributed by atoms with E-state index in [-0.39, 0.29) is 0 Å². The highest BCUT2D eigenvalue weighted by Crippen LogP contribution is 2.28. The summed E-state index contributed by atoms with van der Waals surface area (Å²) in [6, 6.07) is 23.6. The highest BCUT2D eigenvalue weighted by atomic mass is 35.5. The first-order chi connectivity index (χ1) is 12.7. The summed E-state index contributed by atoms with van der Waals surface area (Å²) in [7, 11) is 0. The minimum absolute atomic E-state index is 0.636. The number of aryl methyl sites for hydroxylation is 1. The van der Waals surface area contributed by atoms with E-state index in [1.54, 1.807) is 0 Å². The molecule has 128 valence electrons. The van der Waals surface area contributed by atoms with Crippen LogP contribution in [0.3, 0.4) is 0 Å². The zero-order valence-corrected chi connectivity index (χ0v) is 15.0. The zero-order chi connectivity index (χ0) is 17.9. The minimum atomic E-state index is 0.636. The van der Waals surface area contributed by atoms with Crippen LogP contribution in [0.25, 0.3) is 22.3 Å². The Hall–Kier alpha value is -3.11. The maximum atomic E-state index is 6.11. The molecular formula is C21H17ClN4. The number of nitrogens with zero attached hydrogens (tertiary/aromatic N) is 2. The maximum Gasteiger partial charge on any atom is 0.171 e. The van der Waals surface area contributed by atoms with Crippen LogP contribution in [0, 0.1) is 6.92 Å². The Morgan fingerprint density at radius 3 is 2.42 bits per heavy atom. The molecule has 1 heterocycles. The lowest BCUT2D eigenvalue weighted by Crippen LogP contribution is -2.12. The third-order valence-corrected chi connectivity index (χ3v) is 4.25. The SMILES string of the molecule is Cc1cccc(NNc2nc3cc(Cl)ccc3nc2-c2ccccc2)c1. The van der Waals surface area contributed by atoms with Crippen molar-refractivity contribution in [1.82, 2.24) is 9.97 Å². The molecule has 0 amide bonds. The third kappa shape index (κ3) is 3.46. The summed E-state index contributed by atoms with van der Waals surface area (Å²) in [6.07, 6.45) is 0. The molecule has 5 heteroatoms. The number of aromatic nitrogens is 2. The standard InChI is InChI=1S/C21H17ClN4/c1-14-6-5-9-17(12-14)25-26-21-20(15-7-3-2-4-8-15)23-18-11-10-16(22)13-19(18)24-21/h2-13,25H,1H3,(H,24,26). The molecule has 0 aliphatic heterocycles. The number of benzene rings is 3. The predicted octanol–water partition coefficient (Wildman–Crippen LogP) is 5.70. The van der Waals surface area contributed by atoms with Gasteiger partial charge in [0, 0.05) is 10.6 Å². The molecule has 4 rings (SSSR count). The molecule has 4 aromatic rings. The van der Waals surface area contributed by atoms with Gasteiger partial charge in [0.15, 0.2) is 5.82 Å². The van der Waals surface area contributed by atoms with Gasteiger partial charge < -0.3 is 0 Å². The number of rotatable bonds is 4. The van der Waals surface area contributed by atoms with Gasteiger partial charge in [0.2, 0.25) is 0 Å². The Morgan fingerprint density at radius 1 is 0.769 bits per heavy atom.